The lowest BCUT2D eigenvalue weighted by Crippen LogP contribution is -2.51. The molecular formula is C27H44N2O7S. The van der Waals surface area contributed by atoms with E-state index < -0.39 is 28.2 Å². The van der Waals surface area contributed by atoms with Crippen LogP contribution in [-0.4, -0.2) is 87.7 Å². The number of amides is 1. The summed E-state index contributed by atoms with van der Waals surface area (Å²) in [5.41, 5.74) is 0.844. The maximum absolute atomic E-state index is 13.0. The van der Waals surface area contributed by atoms with E-state index in [2.05, 4.69) is 6.92 Å². The number of unbranched alkanes of at least 4 members (excludes halogenated alkanes) is 1. The summed E-state index contributed by atoms with van der Waals surface area (Å²) in [6, 6.07) is 6.29. The first-order valence-electron chi connectivity index (χ1n) is 13.4. The molecule has 3 rings (SSSR count). The molecule has 1 aromatic carbocycles. The number of methoxy groups -OCH3 is 2. The Morgan fingerprint density at radius 1 is 1.05 bits per heavy atom. The van der Waals surface area contributed by atoms with Crippen LogP contribution in [0.2, 0.25) is 0 Å². The van der Waals surface area contributed by atoms with Gasteiger partial charge in [0.1, 0.15) is 5.75 Å². The summed E-state index contributed by atoms with van der Waals surface area (Å²) >= 11 is 0. The summed E-state index contributed by atoms with van der Waals surface area (Å²) in [6.45, 7) is 5.34. The molecule has 2 fully saturated rings. The van der Waals surface area contributed by atoms with Crippen LogP contribution >= 0.6 is 0 Å². The van der Waals surface area contributed by atoms with Gasteiger partial charge in [-0.2, -0.15) is 4.31 Å². The monoisotopic (exact) mass is 540 g/mol. The van der Waals surface area contributed by atoms with Crippen LogP contribution in [0.25, 0.3) is 0 Å². The summed E-state index contributed by atoms with van der Waals surface area (Å²) in [7, 11) is -0.639. The first-order valence-corrected chi connectivity index (χ1v) is 15.2. The average Bonchev–Trinajstić information content (AvgIpc) is 3.21. The zero-order chi connectivity index (χ0) is 27.0. The van der Waals surface area contributed by atoms with Gasteiger partial charge < -0.3 is 18.9 Å². The molecule has 1 heterocycles. The van der Waals surface area contributed by atoms with Crippen molar-refractivity contribution >= 4 is 16.1 Å². The van der Waals surface area contributed by atoms with Gasteiger partial charge in [0, 0.05) is 25.2 Å². The fourth-order valence-electron chi connectivity index (χ4n) is 5.44. The van der Waals surface area contributed by atoms with E-state index in [0.717, 1.165) is 50.7 Å². The van der Waals surface area contributed by atoms with Crippen molar-refractivity contribution in [3.8, 4) is 5.75 Å². The fraction of sp³-hybridized carbons (Fsp3) is 0.741. The van der Waals surface area contributed by atoms with Gasteiger partial charge in [0.05, 0.1) is 45.3 Å². The van der Waals surface area contributed by atoms with Crippen molar-refractivity contribution in [3.05, 3.63) is 29.8 Å². The van der Waals surface area contributed by atoms with E-state index in [1.807, 2.05) is 31.2 Å². The number of rotatable bonds is 12. The molecule has 1 saturated heterocycles. The smallest absolute Gasteiger partial charge is 0.410 e. The number of hydrogen-bond acceptors (Lipinski definition) is 7. The number of carbonyl (C=O) groups excluding carboxylic acids is 1. The lowest BCUT2D eigenvalue weighted by molar-refractivity contribution is -0.0470. The Labute approximate surface area is 222 Å². The minimum atomic E-state index is -3.58. The molecule has 2 aliphatic rings. The van der Waals surface area contributed by atoms with Gasteiger partial charge in [-0.1, -0.05) is 25.5 Å². The second kappa shape index (κ2) is 13.8. The minimum Gasteiger partial charge on any atom is -0.497 e. The zero-order valence-corrected chi connectivity index (χ0v) is 23.7. The molecule has 37 heavy (non-hydrogen) atoms. The summed E-state index contributed by atoms with van der Waals surface area (Å²) in [5.74, 6) is 0.706. The second-order valence-corrected chi connectivity index (χ2v) is 12.1. The van der Waals surface area contributed by atoms with Crippen LogP contribution in [0.5, 0.6) is 5.75 Å². The van der Waals surface area contributed by atoms with E-state index in [4.69, 9.17) is 18.9 Å². The standard InChI is InChI=1S/C27H44N2O7S/c1-6-7-16-35-23-12-14-24(15-13-23)36-19-26-25(17-20(2)29(26)27(30)34-4)28(37(5,31)32)18-21-8-10-22(33-3)11-9-21/h8-11,20,23-26H,6-7,12-19H2,1-5H3/t20-,23?,24?,25+,26+/m1/s1. The molecular weight excluding hydrogens is 496 g/mol. The Hall–Kier alpha value is -1.88. The van der Waals surface area contributed by atoms with Crippen molar-refractivity contribution in [2.75, 3.05) is 33.7 Å². The Bertz CT molecular complexity index is 948. The molecule has 1 aliphatic heterocycles. The summed E-state index contributed by atoms with van der Waals surface area (Å²) in [5, 5.41) is 0. The highest BCUT2D eigenvalue weighted by Gasteiger charge is 2.47. The molecule has 1 amide bonds. The molecule has 10 heteroatoms. The number of carbonyl (C=O) groups is 1. The Balaban J connectivity index is 1.73. The normalized spacial score (nSPS) is 26.4. The molecule has 0 radical (unpaired) electrons. The third-order valence-corrected chi connectivity index (χ3v) is 8.76. The van der Waals surface area contributed by atoms with Gasteiger partial charge in [-0.05, 0) is 63.1 Å². The van der Waals surface area contributed by atoms with Crippen LogP contribution in [0, 0.1) is 0 Å². The number of hydrogen-bond donors (Lipinski definition) is 0. The fourth-order valence-corrected chi connectivity index (χ4v) is 6.54. The number of sulfonamides is 1. The molecule has 0 aromatic heterocycles. The summed E-state index contributed by atoms with van der Waals surface area (Å²) in [6.07, 6.45) is 7.50. The van der Waals surface area contributed by atoms with E-state index >= 15 is 0 Å². The summed E-state index contributed by atoms with van der Waals surface area (Å²) < 4.78 is 50.1. The van der Waals surface area contributed by atoms with Gasteiger partial charge >= 0.3 is 6.09 Å². The third kappa shape index (κ3) is 8.05. The van der Waals surface area contributed by atoms with Gasteiger partial charge in [-0.25, -0.2) is 13.2 Å². The molecule has 0 unspecified atom stereocenters. The molecule has 1 aromatic rings. The number of ether oxygens (including phenoxy) is 4. The predicted octanol–water partition coefficient (Wildman–Crippen LogP) is 4.20. The van der Waals surface area contributed by atoms with Crippen molar-refractivity contribution in [2.24, 2.45) is 0 Å². The molecule has 0 spiro atoms. The van der Waals surface area contributed by atoms with E-state index in [-0.39, 0.29) is 31.4 Å². The first-order chi connectivity index (χ1) is 17.7. The number of likely N-dealkylation sites (tertiary alicyclic amines) is 1. The number of benzene rings is 1. The van der Waals surface area contributed by atoms with Gasteiger partial charge in [0.2, 0.25) is 10.0 Å². The van der Waals surface area contributed by atoms with E-state index in [9.17, 15) is 13.2 Å². The highest BCUT2D eigenvalue weighted by molar-refractivity contribution is 7.88. The van der Waals surface area contributed by atoms with Crippen molar-refractivity contribution < 1.29 is 32.2 Å². The van der Waals surface area contributed by atoms with Crippen molar-refractivity contribution in [1.29, 1.82) is 0 Å². The molecule has 3 atom stereocenters. The van der Waals surface area contributed by atoms with Crippen LogP contribution in [0.4, 0.5) is 4.79 Å². The zero-order valence-electron chi connectivity index (χ0n) is 22.9. The molecule has 9 nitrogen and oxygen atoms in total. The van der Waals surface area contributed by atoms with Crippen LogP contribution < -0.4 is 4.74 Å². The Morgan fingerprint density at radius 3 is 2.22 bits per heavy atom. The molecule has 0 N–H and O–H groups in total. The van der Waals surface area contributed by atoms with Gasteiger partial charge in [0.25, 0.3) is 0 Å². The summed E-state index contributed by atoms with van der Waals surface area (Å²) in [4.78, 5) is 14.4. The SMILES string of the molecule is CCCCOC1CCC(OC[C@H]2[C@@H](N(Cc3ccc(OC)cc3)S(C)(=O)=O)C[C@@H](C)N2C(=O)OC)CC1. The van der Waals surface area contributed by atoms with Crippen molar-refractivity contribution in [2.45, 2.75) is 95.7 Å². The molecule has 1 saturated carbocycles. The Kier molecular flexibility index (Phi) is 11.0. The van der Waals surface area contributed by atoms with Gasteiger partial charge in [0.15, 0.2) is 0 Å². The first kappa shape index (κ1) is 29.7. The lowest BCUT2D eigenvalue weighted by Gasteiger charge is -2.35. The van der Waals surface area contributed by atoms with Crippen LogP contribution in [-0.2, 0) is 30.8 Å². The highest BCUT2D eigenvalue weighted by atomic mass is 32.2. The lowest BCUT2D eigenvalue weighted by atomic mass is 9.95. The third-order valence-electron chi connectivity index (χ3n) is 7.51. The quantitative estimate of drug-likeness (QED) is 0.367. The average molecular weight is 541 g/mol. The maximum Gasteiger partial charge on any atom is 0.410 e. The minimum absolute atomic E-state index is 0.0651. The molecule has 210 valence electrons. The van der Waals surface area contributed by atoms with Crippen LogP contribution in [0.3, 0.4) is 0 Å². The Morgan fingerprint density at radius 2 is 1.68 bits per heavy atom. The maximum atomic E-state index is 13.0. The van der Waals surface area contributed by atoms with Crippen molar-refractivity contribution in [1.82, 2.24) is 9.21 Å². The van der Waals surface area contributed by atoms with E-state index in [1.165, 1.54) is 17.7 Å². The van der Waals surface area contributed by atoms with Crippen LogP contribution in [0.15, 0.2) is 24.3 Å². The van der Waals surface area contributed by atoms with E-state index in [1.54, 1.807) is 12.0 Å². The largest absolute Gasteiger partial charge is 0.497 e. The highest BCUT2D eigenvalue weighted by Crippen LogP contribution is 2.33. The predicted molar refractivity (Wildman–Crippen MR) is 142 cm³/mol. The van der Waals surface area contributed by atoms with Crippen LogP contribution in [0.1, 0.15) is 64.4 Å². The molecule has 0 bridgehead atoms. The molecule has 1 aliphatic carbocycles. The van der Waals surface area contributed by atoms with E-state index in [0.29, 0.717) is 12.2 Å². The van der Waals surface area contributed by atoms with Gasteiger partial charge in [-0.15, -0.1) is 0 Å². The second-order valence-electron chi connectivity index (χ2n) is 10.2. The van der Waals surface area contributed by atoms with Crippen molar-refractivity contribution in [3.63, 3.8) is 0 Å². The number of nitrogens with zero attached hydrogens (tertiary/aromatic N) is 2. The topological polar surface area (TPSA) is 94.6 Å². The van der Waals surface area contributed by atoms with Gasteiger partial charge in [-0.3, -0.25) is 4.90 Å².